The van der Waals surface area contributed by atoms with Crippen molar-refractivity contribution in [3.8, 4) is 5.75 Å². The van der Waals surface area contributed by atoms with Crippen LogP contribution in [0.25, 0.3) is 0 Å². The van der Waals surface area contributed by atoms with Crippen LogP contribution in [0.5, 0.6) is 5.75 Å². The molecule has 3 heterocycles. The van der Waals surface area contributed by atoms with Crippen molar-refractivity contribution in [2.75, 3.05) is 19.7 Å². The number of aryl methyl sites for hydroxylation is 2. The van der Waals surface area contributed by atoms with Gasteiger partial charge in [-0.3, -0.25) is 9.88 Å². The van der Waals surface area contributed by atoms with Crippen LogP contribution >= 0.6 is 11.3 Å². The van der Waals surface area contributed by atoms with Gasteiger partial charge < -0.3 is 4.74 Å². The van der Waals surface area contributed by atoms with Gasteiger partial charge in [0.15, 0.2) is 5.13 Å². The van der Waals surface area contributed by atoms with Crippen LogP contribution in [0.4, 0.5) is 4.39 Å². The average Bonchev–Trinajstić information content (AvgIpc) is 3.39. The molecule has 0 N–H and O–H groups in total. The first-order valence-corrected chi connectivity index (χ1v) is 11.8. The zero-order valence-corrected chi connectivity index (χ0v) is 19.4. The van der Waals surface area contributed by atoms with Crippen molar-refractivity contribution in [2.45, 2.75) is 45.6 Å². The number of halogens is 1. The van der Waals surface area contributed by atoms with Crippen molar-refractivity contribution in [1.82, 2.24) is 9.88 Å². The summed E-state index contributed by atoms with van der Waals surface area (Å²) in [7, 11) is 0. The second-order valence-electron chi connectivity index (χ2n) is 9.23. The smallest absolute Gasteiger partial charge is 0.176 e. The molecule has 3 nitrogen and oxygen atoms in total. The van der Waals surface area contributed by atoms with Gasteiger partial charge in [0.25, 0.3) is 0 Å². The van der Waals surface area contributed by atoms with Crippen LogP contribution in [0.3, 0.4) is 0 Å². The second kappa shape index (κ2) is 9.09. The molecular weight excluding hydrogens is 407 g/mol. The minimum Gasteiger partial charge on any atom is -0.493 e. The monoisotopic (exact) mass is 438 g/mol. The summed E-state index contributed by atoms with van der Waals surface area (Å²) in [5.74, 6) is 0.907. The molecule has 1 saturated heterocycles. The van der Waals surface area contributed by atoms with Crippen molar-refractivity contribution < 1.29 is 9.13 Å². The normalized spacial score (nSPS) is 19.6. The van der Waals surface area contributed by atoms with Gasteiger partial charge in [0, 0.05) is 34.3 Å². The number of hydrogen-bond donors (Lipinski definition) is 0. The Balaban J connectivity index is 1.51. The van der Waals surface area contributed by atoms with Crippen molar-refractivity contribution in [3.63, 3.8) is 0 Å². The molecule has 0 spiro atoms. The van der Waals surface area contributed by atoms with Gasteiger partial charge in [-0.1, -0.05) is 24.3 Å². The summed E-state index contributed by atoms with van der Waals surface area (Å²) in [5, 5.41) is -0.106. The summed E-state index contributed by atoms with van der Waals surface area (Å²) in [4.78, 5) is 8.19. The molecule has 1 atom stereocenters. The van der Waals surface area contributed by atoms with E-state index < -0.39 is 0 Å². The van der Waals surface area contributed by atoms with E-state index >= 15 is 0 Å². The topological polar surface area (TPSA) is 25.4 Å². The van der Waals surface area contributed by atoms with Crippen LogP contribution in [0, 0.1) is 17.5 Å². The number of ether oxygens (including phenoxy) is 1. The van der Waals surface area contributed by atoms with Crippen LogP contribution in [-0.2, 0) is 12.0 Å². The number of aromatic nitrogens is 1. The molecule has 0 radical (unpaired) electrons. The molecule has 0 aliphatic carbocycles. The first-order chi connectivity index (χ1) is 14.9. The van der Waals surface area contributed by atoms with Crippen LogP contribution in [0.2, 0.25) is 0 Å². The fourth-order valence-electron chi connectivity index (χ4n) is 4.45. The van der Waals surface area contributed by atoms with E-state index in [0.29, 0.717) is 6.61 Å². The summed E-state index contributed by atoms with van der Waals surface area (Å²) >= 11 is 1.26. The van der Waals surface area contributed by atoms with Gasteiger partial charge in [-0.25, -0.2) is 0 Å². The number of hydrogen-bond acceptors (Lipinski definition) is 4. The van der Waals surface area contributed by atoms with Gasteiger partial charge in [-0.05, 0) is 82.5 Å². The molecule has 0 saturated carbocycles. The number of para-hydroxylation sites is 1. The highest BCUT2D eigenvalue weighted by molar-refractivity contribution is 7.10. The number of rotatable bonds is 8. The number of benzene rings is 1. The summed E-state index contributed by atoms with van der Waals surface area (Å²) < 4.78 is 19.8. The minimum absolute atomic E-state index is 0.0334. The van der Waals surface area contributed by atoms with Crippen molar-refractivity contribution in [3.05, 3.63) is 82.1 Å². The highest BCUT2D eigenvalue weighted by Gasteiger charge is 2.44. The van der Waals surface area contributed by atoms with E-state index in [0.717, 1.165) is 48.7 Å². The van der Waals surface area contributed by atoms with E-state index in [1.165, 1.54) is 16.9 Å². The molecule has 0 bridgehead atoms. The van der Waals surface area contributed by atoms with Gasteiger partial charge >= 0.3 is 0 Å². The van der Waals surface area contributed by atoms with Gasteiger partial charge in [-0.15, -0.1) is 11.3 Å². The second-order valence-corrected chi connectivity index (χ2v) is 10.3. The number of pyridine rings is 1. The van der Waals surface area contributed by atoms with Crippen molar-refractivity contribution >= 4 is 11.3 Å². The number of likely N-dealkylation sites (tertiary alicyclic amines) is 1. The summed E-state index contributed by atoms with van der Waals surface area (Å²) in [6.45, 7) is 9.21. The third-order valence-corrected chi connectivity index (χ3v) is 7.60. The third-order valence-electron chi connectivity index (χ3n) is 6.67. The molecule has 1 fully saturated rings. The molecule has 1 unspecified atom stereocenters. The predicted octanol–water partition coefficient (Wildman–Crippen LogP) is 6.23. The number of thiophene rings is 1. The molecule has 1 aliphatic rings. The molecule has 4 rings (SSSR count). The largest absolute Gasteiger partial charge is 0.493 e. The molecule has 164 valence electrons. The van der Waals surface area contributed by atoms with E-state index in [-0.39, 0.29) is 16.1 Å². The molecule has 3 aromatic rings. The van der Waals surface area contributed by atoms with Crippen LogP contribution in [0.1, 0.15) is 42.8 Å². The zero-order valence-electron chi connectivity index (χ0n) is 18.6. The quantitative estimate of drug-likeness (QED) is 0.417. The van der Waals surface area contributed by atoms with E-state index in [1.54, 1.807) is 6.07 Å². The molecule has 5 heteroatoms. The Morgan fingerprint density at radius 3 is 2.61 bits per heavy atom. The van der Waals surface area contributed by atoms with E-state index in [2.05, 4.69) is 35.9 Å². The maximum absolute atomic E-state index is 13.5. The average molecular weight is 439 g/mol. The minimum atomic E-state index is -0.107. The predicted molar refractivity (Wildman–Crippen MR) is 125 cm³/mol. The molecular formula is C26H31FN2OS. The Bertz CT molecular complexity index is 986. The molecule has 2 aromatic heterocycles. The van der Waals surface area contributed by atoms with E-state index in [1.807, 2.05) is 49.5 Å². The molecule has 0 amide bonds. The van der Waals surface area contributed by atoms with E-state index in [4.69, 9.17) is 4.74 Å². The van der Waals surface area contributed by atoms with Gasteiger partial charge in [0.2, 0.25) is 0 Å². The van der Waals surface area contributed by atoms with Crippen LogP contribution in [0.15, 0.2) is 60.8 Å². The number of nitrogens with zero attached hydrogens (tertiary/aromatic N) is 2. The third kappa shape index (κ3) is 5.16. The molecule has 1 aliphatic heterocycles. The first-order valence-electron chi connectivity index (χ1n) is 11.0. The maximum Gasteiger partial charge on any atom is 0.176 e. The first kappa shape index (κ1) is 22.0. The highest BCUT2D eigenvalue weighted by Crippen LogP contribution is 2.42. The van der Waals surface area contributed by atoms with Gasteiger partial charge in [0.05, 0.1) is 6.61 Å². The van der Waals surface area contributed by atoms with Gasteiger partial charge in [0.1, 0.15) is 5.75 Å². The van der Waals surface area contributed by atoms with Crippen LogP contribution in [-0.4, -0.2) is 29.6 Å². The lowest BCUT2D eigenvalue weighted by molar-refractivity contribution is 0.0962. The molecule has 1 aromatic carbocycles. The highest BCUT2D eigenvalue weighted by atomic mass is 32.1. The summed E-state index contributed by atoms with van der Waals surface area (Å²) in [5.41, 5.74) is 2.20. The summed E-state index contributed by atoms with van der Waals surface area (Å²) in [6, 6.07) is 17.8. The maximum atomic E-state index is 13.5. The summed E-state index contributed by atoms with van der Waals surface area (Å²) in [6.07, 6.45) is 4.94. The lowest BCUT2D eigenvalue weighted by Gasteiger charge is -2.38. The Morgan fingerprint density at radius 1 is 1.13 bits per heavy atom. The lowest BCUT2D eigenvalue weighted by atomic mass is 9.82. The fourth-order valence-corrected chi connectivity index (χ4v) is 5.17. The Morgan fingerprint density at radius 2 is 1.94 bits per heavy atom. The standard InChI is InChI=1S/C26H31FN2OS/c1-20-9-10-21(17-28-20)25(2,3)29-16-15-26(18-29,14-13-23-11-12-24(27)31-23)19-30-22-7-5-4-6-8-22/h4-12,17H,13-16,18-19H2,1-3H3. The Hall–Kier alpha value is -2.24. The lowest BCUT2D eigenvalue weighted by Crippen LogP contribution is -2.42. The van der Waals surface area contributed by atoms with Gasteiger partial charge in [-0.2, -0.15) is 4.39 Å². The van der Waals surface area contributed by atoms with Crippen molar-refractivity contribution in [2.24, 2.45) is 5.41 Å². The SMILES string of the molecule is Cc1ccc(C(C)(C)N2CCC(CCc3ccc(F)s3)(COc3ccccc3)C2)cn1. The fraction of sp³-hybridized carbons (Fsp3) is 0.423. The van der Waals surface area contributed by atoms with E-state index in [9.17, 15) is 4.39 Å². The Labute approximate surface area is 188 Å². The molecule has 31 heavy (non-hydrogen) atoms. The Kier molecular flexibility index (Phi) is 6.44. The van der Waals surface area contributed by atoms with Crippen LogP contribution < -0.4 is 4.74 Å². The zero-order chi connectivity index (χ0) is 21.9. The van der Waals surface area contributed by atoms with Crippen molar-refractivity contribution in [1.29, 1.82) is 0 Å².